The molecule has 0 amide bonds. The zero-order chi connectivity index (χ0) is 12.3. The third-order valence-electron chi connectivity index (χ3n) is 2.51. The SMILES string of the molecule is CC(C)C(c1cccc(C(=O)O)c1)C(F)F. The molecule has 1 rings (SSSR count). The molecule has 0 spiro atoms. The summed E-state index contributed by atoms with van der Waals surface area (Å²) >= 11 is 0. The molecule has 0 aliphatic heterocycles. The average Bonchev–Trinajstić information content (AvgIpc) is 2.16. The molecule has 0 aromatic heterocycles. The Kier molecular flexibility index (Phi) is 3.99. The molecule has 1 unspecified atom stereocenters. The summed E-state index contributed by atoms with van der Waals surface area (Å²) in [5.74, 6) is -2.25. The fraction of sp³-hybridized carbons (Fsp3) is 0.417. The van der Waals surface area contributed by atoms with Gasteiger partial charge in [0.25, 0.3) is 0 Å². The van der Waals surface area contributed by atoms with Gasteiger partial charge in [-0.15, -0.1) is 0 Å². The summed E-state index contributed by atoms with van der Waals surface area (Å²) in [6.45, 7) is 3.40. The van der Waals surface area contributed by atoms with E-state index in [1.54, 1.807) is 19.9 Å². The first-order chi connectivity index (χ1) is 7.43. The normalized spacial score (nSPS) is 13.1. The Morgan fingerprint density at radius 3 is 2.38 bits per heavy atom. The Morgan fingerprint density at radius 1 is 1.31 bits per heavy atom. The minimum absolute atomic E-state index is 0.0452. The molecule has 88 valence electrons. The highest BCUT2D eigenvalue weighted by Crippen LogP contribution is 2.31. The Hall–Kier alpha value is -1.45. The van der Waals surface area contributed by atoms with Crippen molar-refractivity contribution < 1.29 is 18.7 Å². The van der Waals surface area contributed by atoms with Crippen LogP contribution in [0.1, 0.15) is 35.7 Å². The molecule has 16 heavy (non-hydrogen) atoms. The van der Waals surface area contributed by atoms with Crippen LogP contribution in [0.25, 0.3) is 0 Å². The first kappa shape index (κ1) is 12.6. The maximum absolute atomic E-state index is 12.8. The maximum Gasteiger partial charge on any atom is 0.335 e. The molecule has 1 aromatic rings. The molecule has 0 saturated carbocycles. The number of hydrogen-bond acceptors (Lipinski definition) is 1. The van der Waals surface area contributed by atoms with Gasteiger partial charge in [0, 0.05) is 5.92 Å². The summed E-state index contributed by atoms with van der Waals surface area (Å²) in [6.07, 6.45) is -2.48. The number of halogens is 2. The maximum atomic E-state index is 12.8. The lowest BCUT2D eigenvalue weighted by Gasteiger charge is -2.20. The van der Waals surface area contributed by atoms with Gasteiger partial charge in [-0.3, -0.25) is 0 Å². The fourth-order valence-electron chi connectivity index (χ4n) is 1.70. The van der Waals surface area contributed by atoms with E-state index in [-0.39, 0.29) is 11.5 Å². The number of carboxylic acid groups (broad SMARTS) is 1. The van der Waals surface area contributed by atoms with Crippen molar-refractivity contribution in [3.8, 4) is 0 Å². The van der Waals surface area contributed by atoms with Crippen LogP contribution in [0.2, 0.25) is 0 Å². The summed E-state index contributed by atoms with van der Waals surface area (Å²) < 4.78 is 25.6. The van der Waals surface area contributed by atoms with Gasteiger partial charge in [0.2, 0.25) is 6.43 Å². The minimum Gasteiger partial charge on any atom is -0.478 e. The van der Waals surface area contributed by atoms with Crippen molar-refractivity contribution in [3.05, 3.63) is 35.4 Å². The Bertz CT molecular complexity index is 367. The van der Waals surface area contributed by atoms with Crippen LogP contribution in [0.15, 0.2) is 24.3 Å². The number of benzene rings is 1. The zero-order valence-electron chi connectivity index (χ0n) is 9.15. The summed E-state index contributed by atoms with van der Waals surface area (Å²) in [5.41, 5.74) is 0.425. The fourth-order valence-corrected chi connectivity index (χ4v) is 1.70. The zero-order valence-corrected chi connectivity index (χ0v) is 9.15. The summed E-state index contributed by atoms with van der Waals surface area (Å²) in [4.78, 5) is 10.7. The number of alkyl halides is 2. The molecule has 0 radical (unpaired) electrons. The number of carbonyl (C=O) groups is 1. The van der Waals surface area contributed by atoms with Crippen LogP contribution in [0, 0.1) is 5.92 Å². The van der Waals surface area contributed by atoms with Crippen LogP contribution in [-0.2, 0) is 0 Å². The van der Waals surface area contributed by atoms with Gasteiger partial charge in [-0.05, 0) is 23.6 Å². The molecule has 1 aromatic carbocycles. The Labute approximate surface area is 92.9 Å². The van der Waals surface area contributed by atoms with Gasteiger partial charge in [-0.25, -0.2) is 13.6 Å². The molecular weight excluding hydrogens is 214 g/mol. The predicted molar refractivity (Wildman–Crippen MR) is 57.0 cm³/mol. The van der Waals surface area contributed by atoms with E-state index in [0.717, 1.165) is 0 Å². The van der Waals surface area contributed by atoms with Crippen molar-refractivity contribution in [3.63, 3.8) is 0 Å². The lowest BCUT2D eigenvalue weighted by atomic mass is 9.88. The van der Waals surface area contributed by atoms with E-state index in [1.165, 1.54) is 18.2 Å². The molecule has 4 heteroatoms. The summed E-state index contributed by atoms with van der Waals surface area (Å²) in [6, 6.07) is 5.76. The molecular formula is C12H14F2O2. The second-order valence-electron chi connectivity index (χ2n) is 4.03. The highest BCUT2D eigenvalue weighted by molar-refractivity contribution is 5.87. The van der Waals surface area contributed by atoms with Gasteiger partial charge in [0.05, 0.1) is 5.56 Å². The molecule has 0 aliphatic carbocycles. The summed E-state index contributed by atoms with van der Waals surface area (Å²) in [5, 5.41) is 8.78. The monoisotopic (exact) mass is 228 g/mol. The first-order valence-corrected chi connectivity index (χ1v) is 5.05. The van der Waals surface area contributed by atoms with Gasteiger partial charge < -0.3 is 5.11 Å². The topological polar surface area (TPSA) is 37.3 Å². The number of rotatable bonds is 4. The van der Waals surface area contributed by atoms with E-state index in [1.807, 2.05) is 0 Å². The molecule has 1 atom stereocenters. The average molecular weight is 228 g/mol. The smallest absolute Gasteiger partial charge is 0.335 e. The van der Waals surface area contributed by atoms with Crippen molar-refractivity contribution in [2.45, 2.75) is 26.2 Å². The Balaban J connectivity index is 3.10. The molecule has 0 saturated heterocycles. The van der Waals surface area contributed by atoms with Crippen LogP contribution < -0.4 is 0 Å². The van der Waals surface area contributed by atoms with Gasteiger partial charge in [-0.2, -0.15) is 0 Å². The van der Waals surface area contributed by atoms with Crippen molar-refractivity contribution in [2.75, 3.05) is 0 Å². The largest absolute Gasteiger partial charge is 0.478 e. The van der Waals surface area contributed by atoms with Crippen molar-refractivity contribution >= 4 is 5.97 Å². The van der Waals surface area contributed by atoms with Crippen molar-refractivity contribution in [1.82, 2.24) is 0 Å². The van der Waals surface area contributed by atoms with E-state index in [2.05, 4.69) is 0 Å². The molecule has 0 fully saturated rings. The van der Waals surface area contributed by atoms with Gasteiger partial charge in [0.1, 0.15) is 0 Å². The highest BCUT2D eigenvalue weighted by Gasteiger charge is 2.26. The summed E-state index contributed by atoms with van der Waals surface area (Å²) in [7, 11) is 0. The van der Waals surface area contributed by atoms with Crippen LogP contribution in [0.4, 0.5) is 8.78 Å². The molecule has 0 bridgehead atoms. The third-order valence-corrected chi connectivity index (χ3v) is 2.51. The lowest BCUT2D eigenvalue weighted by molar-refractivity contribution is 0.0694. The quantitative estimate of drug-likeness (QED) is 0.857. The van der Waals surface area contributed by atoms with Crippen LogP contribution in [-0.4, -0.2) is 17.5 Å². The van der Waals surface area contributed by atoms with Crippen molar-refractivity contribution in [2.24, 2.45) is 5.92 Å². The lowest BCUT2D eigenvalue weighted by Crippen LogP contribution is -2.16. The number of aromatic carboxylic acids is 1. The second-order valence-corrected chi connectivity index (χ2v) is 4.03. The number of carboxylic acids is 1. The second kappa shape index (κ2) is 5.05. The Morgan fingerprint density at radius 2 is 1.94 bits per heavy atom. The van der Waals surface area contributed by atoms with Gasteiger partial charge in [0.15, 0.2) is 0 Å². The van der Waals surface area contributed by atoms with E-state index in [0.29, 0.717) is 5.56 Å². The van der Waals surface area contributed by atoms with Crippen LogP contribution in [0.3, 0.4) is 0 Å². The first-order valence-electron chi connectivity index (χ1n) is 5.05. The van der Waals surface area contributed by atoms with E-state index in [4.69, 9.17) is 5.11 Å². The third kappa shape index (κ3) is 2.78. The molecule has 0 heterocycles. The van der Waals surface area contributed by atoms with Gasteiger partial charge >= 0.3 is 5.97 Å². The van der Waals surface area contributed by atoms with E-state index in [9.17, 15) is 13.6 Å². The van der Waals surface area contributed by atoms with Crippen LogP contribution >= 0.6 is 0 Å². The van der Waals surface area contributed by atoms with E-state index >= 15 is 0 Å². The number of hydrogen-bond donors (Lipinski definition) is 1. The molecule has 1 N–H and O–H groups in total. The van der Waals surface area contributed by atoms with Gasteiger partial charge in [-0.1, -0.05) is 26.0 Å². The predicted octanol–water partition coefficient (Wildman–Crippen LogP) is 3.39. The molecule has 0 aliphatic rings. The minimum atomic E-state index is -2.48. The standard InChI is InChI=1S/C12H14F2O2/c1-7(2)10(11(13)14)8-4-3-5-9(6-8)12(15)16/h3-7,10-11H,1-2H3,(H,15,16). The molecule has 2 nitrogen and oxygen atoms in total. The highest BCUT2D eigenvalue weighted by atomic mass is 19.3. The van der Waals surface area contributed by atoms with E-state index < -0.39 is 18.3 Å². The van der Waals surface area contributed by atoms with Crippen molar-refractivity contribution in [1.29, 1.82) is 0 Å². The van der Waals surface area contributed by atoms with Crippen LogP contribution in [0.5, 0.6) is 0 Å².